The van der Waals surface area contributed by atoms with Crippen molar-refractivity contribution < 1.29 is 5.11 Å². The highest BCUT2D eigenvalue weighted by Crippen LogP contribution is 2.24. The SMILES string of the molecule is CCCn1c(SC(CO)C(N)CC(C)C)n[nH]c1=O. The van der Waals surface area contributed by atoms with E-state index in [0.717, 1.165) is 12.8 Å². The molecule has 1 heterocycles. The highest BCUT2D eigenvalue weighted by Gasteiger charge is 2.22. The van der Waals surface area contributed by atoms with Gasteiger partial charge in [-0.25, -0.2) is 9.89 Å². The molecule has 0 saturated carbocycles. The van der Waals surface area contributed by atoms with Gasteiger partial charge in [-0.3, -0.25) is 4.57 Å². The summed E-state index contributed by atoms with van der Waals surface area (Å²) < 4.78 is 1.59. The lowest BCUT2D eigenvalue weighted by Crippen LogP contribution is -2.36. The summed E-state index contributed by atoms with van der Waals surface area (Å²) in [5, 5.41) is 16.4. The van der Waals surface area contributed by atoms with Gasteiger partial charge in [0, 0.05) is 12.6 Å². The van der Waals surface area contributed by atoms with Gasteiger partial charge in [0.05, 0.1) is 11.9 Å². The third-order valence-electron chi connectivity index (χ3n) is 2.83. The number of aromatic amines is 1. The largest absolute Gasteiger partial charge is 0.395 e. The van der Waals surface area contributed by atoms with Gasteiger partial charge in [-0.1, -0.05) is 32.5 Å². The van der Waals surface area contributed by atoms with Crippen molar-refractivity contribution in [2.45, 2.75) is 56.6 Å². The van der Waals surface area contributed by atoms with Gasteiger partial charge in [0.2, 0.25) is 0 Å². The highest BCUT2D eigenvalue weighted by molar-refractivity contribution is 7.99. The molecule has 2 unspecified atom stereocenters. The fraction of sp³-hybridized carbons (Fsp3) is 0.833. The van der Waals surface area contributed by atoms with Crippen LogP contribution in [0.1, 0.15) is 33.6 Å². The van der Waals surface area contributed by atoms with Crippen LogP contribution >= 0.6 is 11.8 Å². The van der Waals surface area contributed by atoms with Crippen LogP contribution < -0.4 is 11.4 Å². The minimum Gasteiger partial charge on any atom is -0.395 e. The first-order valence-corrected chi connectivity index (χ1v) is 7.55. The van der Waals surface area contributed by atoms with Crippen LogP contribution in [0.2, 0.25) is 0 Å². The summed E-state index contributed by atoms with van der Waals surface area (Å²) in [6.07, 6.45) is 1.69. The molecule has 0 bridgehead atoms. The fourth-order valence-corrected chi connectivity index (χ4v) is 2.94. The molecule has 0 radical (unpaired) electrons. The van der Waals surface area contributed by atoms with Crippen LogP contribution in [0.5, 0.6) is 0 Å². The smallest absolute Gasteiger partial charge is 0.343 e. The molecule has 1 aromatic heterocycles. The lowest BCUT2D eigenvalue weighted by Gasteiger charge is -2.22. The molecule has 1 aromatic rings. The molecule has 7 heteroatoms. The number of H-pyrrole nitrogens is 1. The van der Waals surface area contributed by atoms with E-state index in [4.69, 9.17) is 5.73 Å². The Kier molecular flexibility index (Phi) is 6.60. The molecule has 0 spiro atoms. The zero-order valence-electron chi connectivity index (χ0n) is 11.8. The summed E-state index contributed by atoms with van der Waals surface area (Å²) >= 11 is 1.37. The van der Waals surface area contributed by atoms with Gasteiger partial charge in [-0.2, -0.15) is 0 Å². The van der Waals surface area contributed by atoms with Gasteiger partial charge >= 0.3 is 5.69 Å². The Morgan fingerprint density at radius 2 is 2.21 bits per heavy atom. The van der Waals surface area contributed by atoms with Crippen molar-refractivity contribution in [2.75, 3.05) is 6.61 Å². The third kappa shape index (κ3) is 4.67. The number of hydrogen-bond acceptors (Lipinski definition) is 5. The van der Waals surface area contributed by atoms with Crippen molar-refractivity contribution >= 4 is 11.8 Å². The Hall–Kier alpha value is -0.790. The molecule has 0 aliphatic heterocycles. The first kappa shape index (κ1) is 16.3. The van der Waals surface area contributed by atoms with Crippen molar-refractivity contribution in [1.82, 2.24) is 14.8 Å². The lowest BCUT2D eigenvalue weighted by atomic mass is 10.0. The van der Waals surface area contributed by atoms with Crippen LogP contribution in [0.15, 0.2) is 9.95 Å². The number of aliphatic hydroxyl groups is 1. The highest BCUT2D eigenvalue weighted by atomic mass is 32.2. The van der Waals surface area contributed by atoms with Crippen LogP contribution in [-0.2, 0) is 6.54 Å². The fourth-order valence-electron chi connectivity index (χ4n) is 1.91. The standard InChI is InChI=1S/C12H24N4O2S/c1-4-5-16-11(18)14-15-12(16)19-10(7-17)9(13)6-8(2)3/h8-10,17H,4-7,13H2,1-3H3,(H,14,18). The average molecular weight is 288 g/mol. The maximum Gasteiger partial charge on any atom is 0.343 e. The number of nitrogens with two attached hydrogens (primary N) is 1. The molecule has 0 fully saturated rings. The molecule has 0 aliphatic rings. The van der Waals surface area contributed by atoms with Crippen molar-refractivity contribution in [2.24, 2.45) is 11.7 Å². The van der Waals surface area contributed by atoms with Gasteiger partial charge in [0.15, 0.2) is 5.16 Å². The predicted octanol–water partition coefficient (Wildman–Crippen LogP) is 0.808. The Labute approximate surface area is 117 Å². The van der Waals surface area contributed by atoms with E-state index < -0.39 is 0 Å². The first-order valence-electron chi connectivity index (χ1n) is 6.67. The van der Waals surface area contributed by atoms with E-state index in [1.807, 2.05) is 6.92 Å². The Morgan fingerprint density at radius 3 is 2.74 bits per heavy atom. The molecule has 6 nitrogen and oxygen atoms in total. The normalized spacial score (nSPS) is 14.8. The minimum atomic E-state index is -0.210. The molecule has 0 amide bonds. The van der Waals surface area contributed by atoms with Crippen molar-refractivity contribution in [3.8, 4) is 0 Å². The summed E-state index contributed by atoms with van der Waals surface area (Å²) in [5.74, 6) is 0.474. The summed E-state index contributed by atoms with van der Waals surface area (Å²) in [5.41, 5.74) is 5.89. The number of thioether (sulfide) groups is 1. The van der Waals surface area contributed by atoms with Gasteiger partial charge < -0.3 is 10.8 Å². The minimum absolute atomic E-state index is 0.0221. The predicted molar refractivity (Wildman–Crippen MR) is 77.3 cm³/mol. The number of aliphatic hydroxyl groups excluding tert-OH is 1. The number of rotatable bonds is 8. The topological polar surface area (TPSA) is 96.9 Å². The molecular weight excluding hydrogens is 264 g/mol. The summed E-state index contributed by atoms with van der Waals surface area (Å²) in [6.45, 7) is 6.80. The van der Waals surface area contributed by atoms with E-state index in [0.29, 0.717) is 17.6 Å². The monoisotopic (exact) mass is 288 g/mol. The number of nitrogens with zero attached hydrogens (tertiary/aromatic N) is 2. The quantitative estimate of drug-likeness (QED) is 0.615. The second kappa shape index (κ2) is 7.72. The second-order valence-corrected chi connectivity index (χ2v) is 6.30. The second-order valence-electron chi connectivity index (χ2n) is 5.10. The van der Waals surface area contributed by atoms with Gasteiger partial charge in [0.25, 0.3) is 0 Å². The number of aromatic nitrogens is 3. The Balaban J connectivity index is 2.78. The molecule has 110 valence electrons. The van der Waals surface area contributed by atoms with E-state index in [1.54, 1.807) is 4.57 Å². The molecule has 19 heavy (non-hydrogen) atoms. The third-order valence-corrected chi connectivity index (χ3v) is 4.15. The van der Waals surface area contributed by atoms with E-state index >= 15 is 0 Å². The Morgan fingerprint density at radius 1 is 1.53 bits per heavy atom. The van der Waals surface area contributed by atoms with E-state index in [9.17, 15) is 9.90 Å². The molecule has 0 aromatic carbocycles. The van der Waals surface area contributed by atoms with E-state index in [1.165, 1.54) is 11.8 Å². The van der Waals surface area contributed by atoms with Crippen LogP contribution in [-0.4, -0.2) is 37.8 Å². The lowest BCUT2D eigenvalue weighted by molar-refractivity contribution is 0.274. The van der Waals surface area contributed by atoms with Crippen LogP contribution in [0.3, 0.4) is 0 Å². The van der Waals surface area contributed by atoms with E-state index in [2.05, 4.69) is 24.0 Å². The molecule has 4 N–H and O–H groups in total. The van der Waals surface area contributed by atoms with Crippen LogP contribution in [0, 0.1) is 5.92 Å². The summed E-state index contributed by atoms with van der Waals surface area (Å²) in [4.78, 5) is 11.6. The summed E-state index contributed by atoms with van der Waals surface area (Å²) in [7, 11) is 0. The Bertz CT molecular complexity index is 430. The molecular formula is C12H24N4O2S. The average Bonchev–Trinajstić information content (AvgIpc) is 2.67. The van der Waals surface area contributed by atoms with Crippen LogP contribution in [0.25, 0.3) is 0 Å². The zero-order valence-corrected chi connectivity index (χ0v) is 12.6. The summed E-state index contributed by atoms with van der Waals surface area (Å²) in [6, 6.07) is -0.114. The van der Waals surface area contributed by atoms with Gasteiger partial charge in [-0.15, -0.1) is 5.10 Å². The van der Waals surface area contributed by atoms with Crippen molar-refractivity contribution in [1.29, 1.82) is 0 Å². The van der Waals surface area contributed by atoms with Crippen molar-refractivity contribution in [3.63, 3.8) is 0 Å². The molecule has 2 atom stereocenters. The zero-order chi connectivity index (χ0) is 14.4. The number of hydrogen-bond donors (Lipinski definition) is 3. The van der Waals surface area contributed by atoms with Gasteiger partial charge in [-0.05, 0) is 18.8 Å². The van der Waals surface area contributed by atoms with Crippen LogP contribution in [0.4, 0.5) is 0 Å². The molecule has 0 aliphatic carbocycles. The molecule has 1 rings (SSSR count). The molecule has 0 saturated heterocycles. The maximum atomic E-state index is 11.6. The van der Waals surface area contributed by atoms with E-state index in [-0.39, 0.29) is 23.6 Å². The first-order chi connectivity index (χ1) is 8.99. The van der Waals surface area contributed by atoms with Crippen molar-refractivity contribution in [3.05, 3.63) is 10.5 Å². The maximum absolute atomic E-state index is 11.6. The number of nitrogens with one attached hydrogen (secondary N) is 1. The van der Waals surface area contributed by atoms with Gasteiger partial charge in [0.1, 0.15) is 0 Å².